The van der Waals surface area contributed by atoms with E-state index >= 15 is 0 Å². The number of amides is 1. The number of carbonyl (C=O) groups excluding carboxylic acids is 2. The Morgan fingerprint density at radius 3 is 2.57 bits per heavy atom. The summed E-state index contributed by atoms with van der Waals surface area (Å²) in [6.07, 6.45) is 1.65. The molecule has 9 heteroatoms. The average Bonchev–Trinajstić information content (AvgIpc) is 3.36. The van der Waals surface area contributed by atoms with Crippen LogP contribution in [0, 0.1) is 0 Å². The molecule has 1 amide bonds. The van der Waals surface area contributed by atoms with Crippen LogP contribution in [0.2, 0.25) is 0 Å². The van der Waals surface area contributed by atoms with Crippen LogP contribution in [-0.4, -0.2) is 36.7 Å². The van der Waals surface area contributed by atoms with Gasteiger partial charge in [0.15, 0.2) is 4.80 Å². The Hall–Kier alpha value is -4.24. The third-order valence-corrected chi connectivity index (χ3v) is 7.44. The first-order valence-electron chi connectivity index (χ1n) is 11.8. The number of esters is 1. The first-order chi connectivity index (χ1) is 17.9. The Morgan fingerprint density at radius 2 is 1.89 bits per heavy atom. The van der Waals surface area contributed by atoms with Crippen molar-refractivity contribution < 1.29 is 19.1 Å². The van der Waals surface area contributed by atoms with Crippen molar-refractivity contribution in [2.45, 2.75) is 19.9 Å². The normalized spacial score (nSPS) is 17.8. The number of para-hydroxylation sites is 1. The number of carbonyl (C=O) groups is 2. The summed E-state index contributed by atoms with van der Waals surface area (Å²) >= 11 is 1.15. The van der Waals surface area contributed by atoms with E-state index in [-0.39, 0.29) is 22.6 Å². The topological polar surface area (TPSA) is 90.2 Å². The molecule has 37 heavy (non-hydrogen) atoms. The maximum Gasteiger partial charge on any atom is 0.338 e. The van der Waals surface area contributed by atoms with E-state index in [0.29, 0.717) is 39.5 Å². The number of ether oxygens (including phenoxy) is 2. The van der Waals surface area contributed by atoms with Crippen LogP contribution in [0.15, 0.2) is 82.2 Å². The average molecular weight is 516 g/mol. The number of rotatable bonds is 6. The molecule has 8 nitrogen and oxygen atoms in total. The lowest BCUT2D eigenvalue weighted by Crippen LogP contribution is -2.41. The molecule has 0 bridgehead atoms. The van der Waals surface area contributed by atoms with E-state index in [1.54, 1.807) is 44.1 Å². The van der Waals surface area contributed by atoms with Gasteiger partial charge in [0, 0.05) is 12.1 Å². The Labute approximate surface area is 217 Å². The number of nitrogens with zero attached hydrogens (tertiary/aromatic N) is 3. The molecule has 5 rings (SSSR count). The molecule has 188 valence electrons. The molecular weight excluding hydrogens is 490 g/mol. The van der Waals surface area contributed by atoms with Gasteiger partial charge in [-0.25, -0.2) is 9.79 Å². The zero-order chi connectivity index (χ0) is 26.3. The molecule has 2 aliphatic heterocycles. The van der Waals surface area contributed by atoms with Crippen molar-refractivity contribution in [3.05, 3.63) is 103 Å². The summed E-state index contributed by atoms with van der Waals surface area (Å²) in [4.78, 5) is 47.3. The molecule has 0 aliphatic carbocycles. The lowest BCUT2D eigenvalue weighted by Gasteiger charge is -2.24. The smallest absolute Gasteiger partial charge is 0.338 e. The van der Waals surface area contributed by atoms with E-state index in [4.69, 9.17) is 9.47 Å². The summed E-state index contributed by atoms with van der Waals surface area (Å²) in [5, 5.41) is 0. The number of anilines is 1. The maximum absolute atomic E-state index is 14.1. The van der Waals surface area contributed by atoms with Crippen LogP contribution < -0.4 is 24.5 Å². The van der Waals surface area contributed by atoms with E-state index in [9.17, 15) is 14.4 Å². The Morgan fingerprint density at radius 1 is 1.16 bits per heavy atom. The zero-order valence-electron chi connectivity index (χ0n) is 20.7. The fourth-order valence-corrected chi connectivity index (χ4v) is 5.89. The minimum Gasteiger partial charge on any atom is -0.497 e. The van der Waals surface area contributed by atoms with E-state index < -0.39 is 17.6 Å². The van der Waals surface area contributed by atoms with Gasteiger partial charge in [0.1, 0.15) is 10.3 Å². The Kier molecular flexibility index (Phi) is 6.39. The number of fused-ring (bicyclic) bond motifs is 2. The van der Waals surface area contributed by atoms with Crippen LogP contribution in [0.4, 0.5) is 5.69 Å². The fourth-order valence-electron chi connectivity index (χ4n) is 4.75. The number of hydrogen-bond acceptors (Lipinski definition) is 7. The lowest BCUT2D eigenvalue weighted by atomic mass is 9.96. The highest BCUT2D eigenvalue weighted by Gasteiger charge is 2.37. The molecule has 0 spiro atoms. The third kappa shape index (κ3) is 3.92. The molecule has 1 atom stereocenters. The predicted molar refractivity (Wildman–Crippen MR) is 141 cm³/mol. The standard InChI is InChI=1S/C28H25N3O5S/c1-5-15-30-20-10-8-7-9-19(20)22(25(30)32)24-26(33)31-23(17-11-13-18(35-4)14-12-17)21(27(34)36-6-2)16(3)29-28(31)37-24/h5,7-14,23H,1,6,15H2,2-4H3/b24-22-/t23-/m1/s1. The number of methoxy groups -OCH3 is 1. The SMILES string of the molecule is C=CCN1C(=O)/C(=c2\sc3n(c2=O)[C@H](c2ccc(OC)cc2)C(C(=O)OCC)=C(C)N=3)c2ccccc21. The minimum atomic E-state index is -0.772. The predicted octanol–water partition coefficient (Wildman–Crippen LogP) is 2.71. The van der Waals surface area contributed by atoms with Gasteiger partial charge in [-0.1, -0.05) is 47.7 Å². The quantitative estimate of drug-likeness (QED) is 0.372. The molecule has 3 heterocycles. The van der Waals surface area contributed by atoms with Gasteiger partial charge in [-0.3, -0.25) is 14.2 Å². The third-order valence-electron chi connectivity index (χ3n) is 6.39. The van der Waals surface area contributed by atoms with Gasteiger partial charge in [-0.05, 0) is 37.6 Å². The lowest BCUT2D eigenvalue weighted by molar-refractivity contribution is -0.139. The Bertz CT molecular complexity index is 1650. The van der Waals surface area contributed by atoms with E-state index in [1.165, 1.54) is 4.57 Å². The summed E-state index contributed by atoms with van der Waals surface area (Å²) < 4.78 is 12.4. The number of benzene rings is 2. The number of hydrogen-bond donors (Lipinski definition) is 0. The largest absolute Gasteiger partial charge is 0.497 e. The van der Waals surface area contributed by atoms with E-state index in [2.05, 4.69) is 11.6 Å². The van der Waals surface area contributed by atoms with Crippen molar-refractivity contribution in [2.75, 3.05) is 25.2 Å². The highest BCUT2D eigenvalue weighted by Crippen LogP contribution is 2.35. The molecule has 0 N–H and O–H groups in total. The minimum absolute atomic E-state index is 0.184. The van der Waals surface area contributed by atoms with Crippen LogP contribution >= 0.6 is 11.3 Å². The molecule has 2 aromatic carbocycles. The number of allylic oxidation sites excluding steroid dienone is 1. The van der Waals surface area contributed by atoms with Gasteiger partial charge in [0.2, 0.25) is 0 Å². The summed E-state index contributed by atoms with van der Waals surface area (Å²) in [7, 11) is 1.57. The van der Waals surface area contributed by atoms with Crippen molar-refractivity contribution in [1.29, 1.82) is 0 Å². The molecular formula is C28H25N3O5S. The summed E-state index contributed by atoms with van der Waals surface area (Å²) in [6.45, 7) is 7.72. The fraction of sp³-hybridized carbons (Fsp3) is 0.214. The van der Waals surface area contributed by atoms with Gasteiger partial charge in [-0.15, -0.1) is 6.58 Å². The molecule has 1 aromatic heterocycles. The molecule has 0 unspecified atom stereocenters. The van der Waals surface area contributed by atoms with Crippen LogP contribution in [-0.2, 0) is 14.3 Å². The highest BCUT2D eigenvalue weighted by atomic mass is 32.1. The van der Waals surface area contributed by atoms with Crippen molar-refractivity contribution >= 4 is 34.5 Å². The summed E-state index contributed by atoms with van der Waals surface area (Å²) in [6, 6.07) is 13.8. The molecule has 2 aliphatic rings. The van der Waals surface area contributed by atoms with Crippen molar-refractivity contribution in [3.8, 4) is 5.75 Å². The zero-order valence-corrected chi connectivity index (χ0v) is 21.5. The monoisotopic (exact) mass is 515 g/mol. The summed E-state index contributed by atoms with van der Waals surface area (Å²) in [5.74, 6) is -0.164. The second kappa shape index (κ2) is 9.67. The first kappa shape index (κ1) is 24.5. The van der Waals surface area contributed by atoms with Crippen molar-refractivity contribution in [3.63, 3.8) is 0 Å². The van der Waals surface area contributed by atoms with Crippen molar-refractivity contribution in [2.24, 2.45) is 4.99 Å². The van der Waals surface area contributed by atoms with Crippen LogP contribution in [0.1, 0.15) is 31.0 Å². The van der Waals surface area contributed by atoms with Gasteiger partial charge >= 0.3 is 5.97 Å². The molecule has 0 radical (unpaired) electrons. The number of aromatic nitrogens is 1. The van der Waals surface area contributed by atoms with Gasteiger partial charge < -0.3 is 14.4 Å². The molecule has 0 saturated heterocycles. The molecule has 3 aromatic rings. The van der Waals surface area contributed by atoms with E-state index in [1.807, 2.05) is 36.4 Å². The molecule has 0 saturated carbocycles. The van der Waals surface area contributed by atoms with Crippen LogP contribution in [0.5, 0.6) is 5.75 Å². The summed E-state index contributed by atoms with van der Waals surface area (Å²) in [5.41, 5.74) is 2.78. The van der Waals surface area contributed by atoms with Crippen LogP contribution in [0.3, 0.4) is 0 Å². The second-order valence-electron chi connectivity index (χ2n) is 8.49. The van der Waals surface area contributed by atoms with Crippen LogP contribution in [0.25, 0.3) is 5.57 Å². The van der Waals surface area contributed by atoms with Gasteiger partial charge in [0.05, 0.1) is 42.3 Å². The Balaban J connectivity index is 1.80. The van der Waals surface area contributed by atoms with Gasteiger partial charge in [0.25, 0.3) is 11.5 Å². The molecule has 0 fully saturated rings. The first-order valence-corrected chi connectivity index (χ1v) is 12.6. The number of thiazole rings is 1. The maximum atomic E-state index is 14.1. The van der Waals surface area contributed by atoms with Crippen molar-refractivity contribution in [1.82, 2.24) is 4.57 Å². The highest BCUT2D eigenvalue weighted by molar-refractivity contribution is 7.07. The van der Waals surface area contributed by atoms with Gasteiger partial charge in [-0.2, -0.15) is 0 Å². The second-order valence-corrected chi connectivity index (χ2v) is 9.47. The van der Waals surface area contributed by atoms with E-state index in [0.717, 1.165) is 17.0 Å².